The first-order valence-electron chi connectivity index (χ1n) is 5.34. The van der Waals surface area contributed by atoms with E-state index in [1.807, 2.05) is 0 Å². The summed E-state index contributed by atoms with van der Waals surface area (Å²) in [5, 5.41) is 13.4. The highest BCUT2D eigenvalue weighted by molar-refractivity contribution is 5.83. The third-order valence-electron chi connectivity index (χ3n) is 2.06. The maximum absolute atomic E-state index is 11.3. The van der Waals surface area contributed by atoms with E-state index in [4.69, 9.17) is 5.11 Å². The quantitative estimate of drug-likeness (QED) is 0.537. The van der Waals surface area contributed by atoms with Crippen molar-refractivity contribution in [3.05, 3.63) is 0 Å². The summed E-state index contributed by atoms with van der Waals surface area (Å²) in [5.74, 6) is -1.31. The molecule has 0 fully saturated rings. The molecule has 0 aliphatic heterocycles. The van der Waals surface area contributed by atoms with Gasteiger partial charge < -0.3 is 25.4 Å². The third kappa shape index (κ3) is 6.69. The number of ether oxygens (including phenoxy) is 1. The summed E-state index contributed by atoms with van der Waals surface area (Å²) in [5.41, 5.74) is 0. The number of rotatable bonds is 7. The Kier molecular flexibility index (Phi) is 7.45. The van der Waals surface area contributed by atoms with Gasteiger partial charge in [0, 0.05) is 34.2 Å². The SMILES string of the molecule is COCC(NC(=O)NCCC(=O)N(C)C)C(=O)O. The monoisotopic (exact) mass is 261 g/mol. The molecule has 0 spiro atoms. The lowest BCUT2D eigenvalue weighted by Crippen LogP contribution is -2.48. The van der Waals surface area contributed by atoms with Crippen LogP contribution in [-0.4, -0.2) is 68.3 Å². The highest BCUT2D eigenvalue weighted by Gasteiger charge is 2.19. The first-order valence-corrected chi connectivity index (χ1v) is 5.34. The molecule has 3 N–H and O–H groups in total. The number of carboxylic acids is 1. The second-order valence-electron chi connectivity index (χ2n) is 3.78. The molecule has 0 radical (unpaired) electrons. The van der Waals surface area contributed by atoms with Crippen LogP contribution in [0.15, 0.2) is 0 Å². The smallest absolute Gasteiger partial charge is 0.328 e. The largest absolute Gasteiger partial charge is 0.480 e. The number of carboxylic acid groups (broad SMARTS) is 1. The van der Waals surface area contributed by atoms with Crippen molar-refractivity contribution in [1.29, 1.82) is 0 Å². The Balaban J connectivity index is 3.95. The second kappa shape index (κ2) is 8.29. The molecule has 0 aliphatic carbocycles. The van der Waals surface area contributed by atoms with Gasteiger partial charge in [-0.1, -0.05) is 0 Å². The van der Waals surface area contributed by atoms with Gasteiger partial charge in [0.1, 0.15) is 0 Å². The van der Waals surface area contributed by atoms with Gasteiger partial charge in [0.05, 0.1) is 6.61 Å². The predicted octanol–water partition coefficient (Wildman–Crippen LogP) is -1.14. The van der Waals surface area contributed by atoms with Crippen molar-refractivity contribution in [3.63, 3.8) is 0 Å². The number of hydrogen-bond acceptors (Lipinski definition) is 4. The lowest BCUT2D eigenvalue weighted by atomic mass is 10.3. The van der Waals surface area contributed by atoms with Crippen LogP contribution in [0.3, 0.4) is 0 Å². The fourth-order valence-electron chi connectivity index (χ4n) is 1.06. The van der Waals surface area contributed by atoms with Gasteiger partial charge in [-0.15, -0.1) is 0 Å². The molecule has 8 heteroatoms. The maximum Gasteiger partial charge on any atom is 0.328 e. The van der Waals surface area contributed by atoms with Crippen LogP contribution in [0.4, 0.5) is 4.79 Å². The van der Waals surface area contributed by atoms with E-state index in [0.717, 1.165) is 0 Å². The maximum atomic E-state index is 11.3. The average Bonchev–Trinajstić information content (AvgIpc) is 2.27. The van der Waals surface area contributed by atoms with Gasteiger partial charge in [0.25, 0.3) is 0 Å². The van der Waals surface area contributed by atoms with Gasteiger partial charge in [0.15, 0.2) is 6.04 Å². The third-order valence-corrected chi connectivity index (χ3v) is 2.06. The first-order chi connectivity index (χ1) is 8.38. The molecular weight excluding hydrogens is 242 g/mol. The van der Waals surface area contributed by atoms with Crippen molar-refractivity contribution in [2.45, 2.75) is 12.5 Å². The molecule has 1 atom stereocenters. The Labute approximate surface area is 105 Å². The van der Waals surface area contributed by atoms with E-state index in [9.17, 15) is 14.4 Å². The summed E-state index contributed by atoms with van der Waals surface area (Å²) >= 11 is 0. The highest BCUT2D eigenvalue weighted by Crippen LogP contribution is 1.87. The van der Waals surface area contributed by atoms with Gasteiger partial charge in [0.2, 0.25) is 5.91 Å². The van der Waals surface area contributed by atoms with E-state index in [1.54, 1.807) is 14.1 Å². The van der Waals surface area contributed by atoms with Gasteiger partial charge >= 0.3 is 12.0 Å². The van der Waals surface area contributed by atoms with Gasteiger partial charge in [-0.05, 0) is 0 Å². The van der Waals surface area contributed by atoms with E-state index in [-0.39, 0.29) is 25.5 Å². The summed E-state index contributed by atoms with van der Waals surface area (Å²) < 4.78 is 4.66. The zero-order valence-corrected chi connectivity index (χ0v) is 10.7. The summed E-state index contributed by atoms with van der Waals surface area (Å²) in [6, 6.07) is -1.76. The number of nitrogens with one attached hydrogen (secondary N) is 2. The zero-order chi connectivity index (χ0) is 14.1. The minimum atomic E-state index is -1.18. The Morgan fingerprint density at radius 1 is 1.33 bits per heavy atom. The summed E-state index contributed by atoms with van der Waals surface area (Å²) in [6.45, 7) is 0.0154. The van der Waals surface area contributed by atoms with E-state index in [1.165, 1.54) is 12.0 Å². The molecule has 0 bridgehead atoms. The number of hydrogen-bond donors (Lipinski definition) is 3. The molecule has 0 saturated carbocycles. The molecule has 8 nitrogen and oxygen atoms in total. The number of methoxy groups -OCH3 is 1. The number of nitrogens with zero attached hydrogens (tertiary/aromatic N) is 1. The zero-order valence-electron chi connectivity index (χ0n) is 10.7. The fraction of sp³-hybridized carbons (Fsp3) is 0.700. The minimum Gasteiger partial charge on any atom is -0.480 e. The molecular formula is C10H19N3O5. The van der Waals surface area contributed by atoms with Gasteiger partial charge in [-0.3, -0.25) is 4.79 Å². The Morgan fingerprint density at radius 2 is 1.94 bits per heavy atom. The molecule has 1 unspecified atom stereocenters. The molecule has 0 aromatic rings. The van der Waals surface area contributed by atoms with Crippen LogP contribution >= 0.6 is 0 Å². The number of carbonyl (C=O) groups is 3. The lowest BCUT2D eigenvalue weighted by molar-refractivity contribution is -0.140. The van der Waals surface area contributed by atoms with Crippen molar-refractivity contribution in [2.24, 2.45) is 0 Å². The average molecular weight is 261 g/mol. The van der Waals surface area contributed by atoms with Crippen molar-refractivity contribution < 1.29 is 24.2 Å². The van der Waals surface area contributed by atoms with Crippen LogP contribution in [0.5, 0.6) is 0 Å². The number of urea groups is 1. The van der Waals surface area contributed by atoms with Gasteiger partial charge in [-0.25, -0.2) is 9.59 Å². The van der Waals surface area contributed by atoms with Crippen molar-refractivity contribution >= 4 is 17.9 Å². The second-order valence-corrected chi connectivity index (χ2v) is 3.78. The van der Waals surface area contributed by atoms with Crippen LogP contribution in [0.25, 0.3) is 0 Å². The number of aliphatic carboxylic acids is 1. The molecule has 0 aliphatic rings. The number of amides is 3. The minimum absolute atomic E-state index is 0.123. The Hall–Kier alpha value is -1.83. The molecule has 18 heavy (non-hydrogen) atoms. The molecule has 0 aromatic carbocycles. The van der Waals surface area contributed by atoms with E-state index < -0.39 is 18.0 Å². The van der Waals surface area contributed by atoms with E-state index in [2.05, 4.69) is 15.4 Å². The van der Waals surface area contributed by atoms with Crippen LogP contribution in [0.2, 0.25) is 0 Å². The van der Waals surface area contributed by atoms with E-state index >= 15 is 0 Å². The Bertz CT molecular complexity index is 306. The van der Waals surface area contributed by atoms with Crippen LogP contribution in [-0.2, 0) is 14.3 Å². The number of carbonyl (C=O) groups excluding carboxylic acids is 2. The molecule has 0 saturated heterocycles. The van der Waals surface area contributed by atoms with Crippen molar-refractivity contribution in [1.82, 2.24) is 15.5 Å². The van der Waals surface area contributed by atoms with Crippen LogP contribution < -0.4 is 10.6 Å². The fourth-order valence-corrected chi connectivity index (χ4v) is 1.06. The first kappa shape index (κ1) is 16.2. The predicted molar refractivity (Wildman–Crippen MR) is 63.1 cm³/mol. The van der Waals surface area contributed by atoms with Gasteiger partial charge in [-0.2, -0.15) is 0 Å². The molecule has 104 valence electrons. The van der Waals surface area contributed by atoms with E-state index in [0.29, 0.717) is 0 Å². The molecule has 0 rings (SSSR count). The molecule has 0 heterocycles. The molecule has 0 aromatic heterocycles. The summed E-state index contributed by atoms with van der Waals surface area (Å²) in [6.07, 6.45) is 0.155. The summed E-state index contributed by atoms with van der Waals surface area (Å²) in [7, 11) is 4.56. The standard InChI is InChI=1S/C10H19N3O5/c1-13(2)8(14)4-5-11-10(17)12-7(6-18-3)9(15)16/h7H,4-6H2,1-3H3,(H,15,16)(H2,11,12,17). The van der Waals surface area contributed by atoms with Crippen LogP contribution in [0, 0.1) is 0 Å². The van der Waals surface area contributed by atoms with Crippen LogP contribution in [0.1, 0.15) is 6.42 Å². The highest BCUT2D eigenvalue weighted by atomic mass is 16.5. The van der Waals surface area contributed by atoms with Crippen molar-refractivity contribution in [2.75, 3.05) is 34.4 Å². The molecule has 3 amide bonds. The Morgan fingerprint density at radius 3 is 2.39 bits per heavy atom. The summed E-state index contributed by atoms with van der Waals surface area (Å²) in [4.78, 5) is 34.6. The van der Waals surface area contributed by atoms with Crippen molar-refractivity contribution in [3.8, 4) is 0 Å². The normalized spacial score (nSPS) is 11.5. The lowest BCUT2D eigenvalue weighted by Gasteiger charge is -2.14. The topological polar surface area (TPSA) is 108 Å².